The van der Waals surface area contributed by atoms with E-state index >= 15 is 0 Å². The van der Waals surface area contributed by atoms with Crippen LogP contribution in [0.5, 0.6) is 0 Å². The molecule has 2 aromatic rings. The van der Waals surface area contributed by atoms with E-state index in [-0.39, 0.29) is 11.9 Å². The zero-order valence-electron chi connectivity index (χ0n) is 14.1. The first kappa shape index (κ1) is 15.8. The molecule has 0 spiro atoms. The van der Waals surface area contributed by atoms with E-state index in [9.17, 15) is 19.2 Å². The van der Waals surface area contributed by atoms with Gasteiger partial charge in [-0.2, -0.15) is 5.26 Å². The topological polar surface area (TPSA) is 64.4 Å². The highest BCUT2D eigenvalue weighted by Crippen LogP contribution is 2.52. The Balaban J connectivity index is 1.63. The fraction of sp³-hybridized carbons (Fsp3) is 0.190. The summed E-state index contributed by atoms with van der Waals surface area (Å²) in [6, 6.07) is 14.1. The number of hydrogen-bond acceptors (Lipinski definition) is 4. The number of rotatable bonds is 1. The summed E-state index contributed by atoms with van der Waals surface area (Å²) in [6.07, 6.45) is 3.71. The van der Waals surface area contributed by atoms with Crippen LogP contribution in [0.1, 0.15) is 17.2 Å². The number of halogens is 1. The molecule has 0 N–H and O–H groups in total. The van der Waals surface area contributed by atoms with Crippen LogP contribution in [0.3, 0.4) is 0 Å². The van der Waals surface area contributed by atoms with Crippen molar-refractivity contribution in [2.75, 3.05) is 4.90 Å². The van der Waals surface area contributed by atoms with Crippen molar-refractivity contribution < 1.29 is 14.0 Å². The number of imide groups is 1. The van der Waals surface area contributed by atoms with Crippen LogP contribution in [0.2, 0.25) is 0 Å². The maximum Gasteiger partial charge on any atom is 0.240 e. The Morgan fingerprint density at radius 1 is 0.963 bits per heavy atom. The number of amides is 2. The molecule has 2 fully saturated rings. The quantitative estimate of drug-likeness (QED) is 0.735. The summed E-state index contributed by atoms with van der Waals surface area (Å²) in [5.74, 6) is -2.56. The van der Waals surface area contributed by atoms with E-state index in [0.717, 1.165) is 16.0 Å². The second-order valence-electron chi connectivity index (χ2n) is 6.95. The van der Waals surface area contributed by atoms with Gasteiger partial charge in [-0.1, -0.05) is 24.3 Å². The Kier molecular flexibility index (Phi) is 3.22. The maximum absolute atomic E-state index is 13.3. The van der Waals surface area contributed by atoms with Crippen molar-refractivity contribution in [2.45, 2.75) is 12.1 Å². The van der Waals surface area contributed by atoms with E-state index in [1.165, 1.54) is 24.3 Å². The molecule has 4 atom stereocenters. The third kappa shape index (κ3) is 2.02. The van der Waals surface area contributed by atoms with Gasteiger partial charge in [-0.3, -0.25) is 9.59 Å². The fourth-order valence-corrected chi connectivity index (χ4v) is 4.55. The van der Waals surface area contributed by atoms with Crippen LogP contribution in [-0.2, 0) is 9.59 Å². The lowest BCUT2D eigenvalue weighted by Crippen LogP contribution is -2.40. The minimum absolute atomic E-state index is 0.337. The van der Waals surface area contributed by atoms with Crippen LogP contribution in [-0.4, -0.2) is 22.8 Å². The Bertz CT molecular complexity index is 1040. The van der Waals surface area contributed by atoms with Gasteiger partial charge in [0.15, 0.2) is 0 Å². The van der Waals surface area contributed by atoms with Gasteiger partial charge in [0.05, 0.1) is 29.6 Å². The number of nitrogens with zero attached hydrogens (tertiary/aromatic N) is 3. The first-order valence-electron chi connectivity index (χ1n) is 8.69. The first-order chi connectivity index (χ1) is 13.1. The van der Waals surface area contributed by atoms with Crippen molar-refractivity contribution in [1.29, 1.82) is 5.26 Å². The standard InChI is InChI=1S/C21H14FN3O2/c22-13-5-7-14(8-6-13)25-20(26)17-16(11-23)24-10-9-12-3-1-2-4-15(12)19(24)18(17)21(25)27/h1-10,16-19H/t16-,17+,18-,19+/m1/s1. The molecule has 2 aromatic carbocycles. The Hall–Kier alpha value is -3.46. The third-order valence-electron chi connectivity index (χ3n) is 5.68. The predicted octanol–water partition coefficient (Wildman–Crippen LogP) is 2.86. The summed E-state index contributed by atoms with van der Waals surface area (Å²) >= 11 is 0. The van der Waals surface area contributed by atoms with Crippen LogP contribution in [0, 0.1) is 29.0 Å². The van der Waals surface area contributed by atoms with E-state index < -0.39 is 29.6 Å². The highest BCUT2D eigenvalue weighted by molar-refractivity contribution is 6.23. The normalized spacial score (nSPS) is 28.0. The molecule has 0 saturated carbocycles. The molecule has 2 amide bonds. The lowest BCUT2D eigenvalue weighted by Gasteiger charge is -2.33. The zero-order chi connectivity index (χ0) is 18.7. The van der Waals surface area contributed by atoms with Gasteiger partial charge in [0.25, 0.3) is 0 Å². The van der Waals surface area contributed by atoms with Gasteiger partial charge in [-0.25, -0.2) is 9.29 Å². The molecule has 0 unspecified atom stereocenters. The van der Waals surface area contributed by atoms with E-state index in [1.807, 2.05) is 41.4 Å². The fourth-order valence-electron chi connectivity index (χ4n) is 4.55. The van der Waals surface area contributed by atoms with E-state index in [4.69, 9.17) is 0 Å². The third-order valence-corrected chi connectivity index (χ3v) is 5.68. The van der Waals surface area contributed by atoms with Crippen molar-refractivity contribution in [2.24, 2.45) is 11.8 Å². The summed E-state index contributed by atoms with van der Waals surface area (Å²) in [6.45, 7) is 0. The molecule has 5 rings (SSSR count). The summed E-state index contributed by atoms with van der Waals surface area (Å²) in [4.78, 5) is 29.3. The Morgan fingerprint density at radius 2 is 1.67 bits per heavy atom. The number of carbonyl (C=O) groups excluding carboxylic acids is 2. The van der Waals surface area contributed by atoms with Crippen LogP contribution in [0.25, 0.3) is 6.08 Å². The summed E-state index contributed by atoms with van der Waals surface area (Å²) in [7, 11) is 0. The molecule has 0 radical (unpaired) electrons. The van der Waals surface area contributed by atoms with Crippen molar-refractivity contribution >= 4 is 23.6 Å². The second kappa shape index (κ2) is 5.52. The molecule has 132 valence electrons. The monoisotopic (exact) mass is 359 g/mol. The smallest absolute Gasteiger partial charge is 0.240 e. The van der Waals surface area contributed by atoms with Crippen molar-refractivity contribution in [1.82, 2.24) is 4.90 Å². The minimum atomic E-state index is -0.742. The van der Waals surface area contributed by atoms with E-state index in [2.05, 4.69) is 6.07 Å². The van der Waals surface area contributed by atoms with Crippen LogP contribution < -0.4 is 4.90 Å². The lowest BCUT2D eigenvalue weighted by molar-refractivity contribution is -0.123. The van der Waals surface area contributed by atoms with Gasteiger partial charge in [-0.05, 0) is 41.5 Å². The second-order valence-corrected chi connectivity index (χ2v) is 6.95. The van der Waals surface area contributed by atoms with Crippen molar-refractivity contribution in [3.8, 4) is 6.07 Å². The molecule has 6 heteroatoms. The largest absolute Gasteiger partial charge is 0.353 e. The number of benzene rings is 2. The van der Waals surface area contributed by atoms with E-state index in [1.54, 1.807) is 0 Å². The number of anilines is 1. The SMILES string of the molecule is N#C[C@@H]1[C@@H]2C(=O)N(c3ccc(F)cc3)C(=O)[C@H]2[C@@H]2c3ccccc3C=CN12. The number of fused-ring (bicyclic) bond motifs is 5. The van der Waals surface area contributed by atoms with Crippen LogP contribution >= 0.6 is 0 Å². The highest BCUT2D eigenvalue weighted by atomic mass is 19.1. The summed E-state index contributed by atoms with van der Waals surface area (Å²) < 4.78 is 13.3. The number of carbonyl (C=O) groups is 2. The Labute approximate surface area is 154 Å². The maximum atomic E-state index is 13.3. The van der Waals surface area contributed by atoms with Crippen molar-refractivity contribution in [3.05, 3.63) is 71.7 Å². The average Bonchev–Trinajstić information content (AvgIpc) is 3.15. The summed E-state index contributed by atoms with van der Waals surface area (Å²) in [5, 5.41) is 9.74. The molecule has 0 bridgehead atoms. The Morgan fingerprint density at radius 3 is 2.41 bits per heavy atom. The predicted molar refractivity (Wildman–Crippen MR) is 95.3 cm³/mol. The minimum Gasteiger partial charge on any atom is -0.353 e. The number of hydrogen-bond donors (Lipinski definition) is 0. The van der Waals surface area contributed by atoms with Gasteiger partial charge >= 0.3 is 0 Å². The first-order valence-corrected chi connectivity index (χ1v) is 8.69. The van der Waals surface area contributed by atoms with Crippen LogP contribution in [0.15, 0.2) is 54.7 Å². The molecule has 27 heavy (non-hydrogen) atoms. The van der Waals surface area contributed by atoms with Crippen molar-refractivity contribution in [3.63, 3.8) is 0 Å². The average molecular weight is 359 g/mol. The van der Waals surface area contributed by atoms with Gasteiger partial charge in [0.1, 0.15) is 11.9 Å². The van der Waals surface area contributed by atoms with Crippen LogP contribution in [0.4, 0.5) is 10.1 Å². The molecule has 0 aromatic heterocycles. The van der Waals surface area contributed by atoms with Gasteiger partial charge in [0.2, 0.25) is 11.8 Å². The molecule has 0 aliphatic carbocycles. The lowest BCUT2D eigenvalue weighted by atomic mass is 9.85. The van der Waals surface area contributed by atoms with E-state index in [0.29, 0.717) is 5.69 Å². The zero-order valence-corrected chi connectivity index (χ0v) is 14.1. The molecule has 5 nitrogen and oxygen atoms in total. The molecule has 3 aliphatic rings. The molecule has 3 heterocycles. The molecule has 3 aliphatic heterocycles. The number of nitriles is 1. The van der Waals surface area contributed by atoms with Gasteiger partial charge < -0.3 is 4.90 Å². The summed E-state index contributed by atoms with van der Waals surface area (Å²) in [5.41, 5.74) is 2.26. The van der Waals surface area contributed by atoms with Gasteiger partial charge in [0, 0.05) is 6.20 Å². The molecular weight excluding hydrogens is 345 g/mol. The molecular formula is C21H14FN3O2. The van der Waals surface area contributed by atoms with Gasteiger partial charge in [-0.15, -0.1) is 0 Å². The molecule has 2 saturated heterocycles. The highest BCUT2D eigenvalue weighted by Gasteiger charge is 2.63.